The number of para-hydroxylation sites is 1. The summed E-state index contributed by atoms with van der Waals surface area (Å²) >= 11 is 0.803. The van der Waals surface area contributed by atoms with Gasteiger partial charge in [0.15, 0.2) is 0 Å². The molecule has 2 amide bonds. The second kappa shape index (κ2) is 9.12. The highest BCUT2D eigenvalue weighted by Gasteiger charge is 2.36. The molecule has 1 saturated heterocycles. The summed E-state index contributed by atoms with van der Waals surface area (Å²) in [6, 6.07) is 17.4. The van der Waals surface area contributed by atoms with E-state index in [1.807, 2.05) is 53.2 Å². The van der Waals surface area contributed by atoms with Gasteiger partial charge in [0.1, 0.15) is 6.54 Å². The van der Waals surface area contributed by atoms with Gasteiger partial charge in [0, 0.05) is 29.2 Å². The number of hydrogen-bond acceptors (Lipinski definition) is 6. The lowest BCUT2D eigenvalue weighted by atomic mass is 10.1. The molecule has 0 N–H and O–H groups in total. The Balaban J connectivity index is 1.68. The zero-order valence-electron chi connectivity index (χ0n) is 17.3. The first-order chi connectivity index (χ1) is 15.5. The standard InChI is InChI=1S/C24H19N3O4S/c1-2-31-22(28)15-27-23(29)21(32-24(27)30)11-18-14-26(20-10-6-5-9-19(18)20)13-17-8-4-3-7-16(17)12-25/h3-11,14H,2,13,15H2,1H3. The molecule has 1 aliphatic rings. The monoisotopic (exact) mass is 445 g/mol. The van der Waals surface area contributed by atoms with E-state index in [1.165, 1.54) is 0 Å². The number of ether oxygens (including phenoxy) is 1. The van der Waals surface area contributed by atoms with E-state index in [9.17, 15) is 19.6 Å². The molecule has 0 saturated carbocycles. The summed E-state index contributed by atoms with van der Waals surface area (Å²) in [6.45, 7) is 1.93. The van der Waals surface area contributed by atoms with Crippen molar-refractivity contribution in [2.75, 3.05) is 13.2 Å². The van der Waals surface area contributed by atoms with Crippen LogP contribution in [-0.2, 0) is 20.9 Å². The molecule has 0 atom stereocenters. The number of nitrogens with zero attached hydrogens (tertiary/aromatic N) is 3. The van der Waals surface area contributed by atoms with E-state index in [1.54, 1.807) is 19.1 Å². The van der Waals surface area contributed by atoms with E-state index in [-0.39, 0.29) is 11.5 Å². The maximum absolute atomic E-state index is 12.7. The summed E-state index contributed by atoms with van der Waals surface area (Å²) in [5.74, 6) is -1.14. The molecule has 32 heavy (non-hydrogen) atoms. The average Bonchev–Trinajstić information content (AvgIpc) is 3.26. The van der Waals surface area contributed by atoms with E-state index in [0.717, 1.165) is 38.7 Å². The van der Waals surface area contributed by atoms with Crippen molar-refractivity contribution in [3.63, 3.8) is 0 Å². The molecule has 2 aromatic carbocycles. The fourth-order valence-electron chi connectivity index (χ4n) is 3.59. The molecule has 7 nitrogen and oxygen atoms in total. The highest BCUT2D eigenvalue weighted by atomic mass is 32.2. The molecule has 8 heteroatoms. The third-order valence-corrected chi connectivity index (χ3v) is 5.96. The minimum atomic E-state index is -0.621. The number of benzene rings is 2. The second-order valence-electron chi connectivity index (χ2n) is 7.07. The number of fused-ring (bicyclic) bond motifs is 1. The van der Waals surface area contributed by atoms with Crippen molar-refractivity contribution in [2.24, 2.45) is 0 Å². The Hall–Kier alpha value is -3.83. The molecule has 1 aliphatic heterocycles. The molecule has 2 heterocycles. The van der Waals surface area contributed by atoms with Gasteiger partial charge in [-0.2, -0.15) is 5.26 Å². The van der Waals surface area contributed by atoms with Crippen LogP contribution in [0, 0.1) is 11.3 Å². The van der Waals surface area contributed by atoms with Crippen molar-refractivity contribution in [3.8, 4) is 6.07 Å². The second-order valence-corrected chi connectivity index (χ2v) is 8.06. The summed E-state index contributed by atoms with van der Waals surface area (Å²) in [5.41, 5.74) is 3.21. The number of aromatic nitrogens is 1. The van der Waals surface area contributed by atoms with Crippen LogP contribution in [0.3, 0.4) is 0 Å². The van der Waals surface area contributed by atoms with Gasteiger partial charge in [0.2, 0.25) is 0 Å². The number of esters is 1. The quantitative estimate of drug-likeness (QED) is 0.418. The highest BCUT2D eigenvalue weighted by Crippen LogP contribution is 2.34. The molecular formula is C24H19N3O4S. The molecule has 0 bridgehead atoms. The number of hydrogen-bond donors (Lipinski definition) is 0. The van der Waals surface area contributed by atoms with Crippen LogP contribution < -0.4 is 0 Å². The van der Waals surface area contributed by atoms with Crippen molar-refractivity contribution in [1.29, 1.82) is 5.26 Å². The van der Waals surface area contributed by atoms with Gasteiger partial charge in [-0.25, -0.2) is 0 Å². The lowest BCUT2D eigenvalue weighted by molar-refractivity contribution is -0.145. The van der Waals surface area contributed by atoms with Gasteiger partial charge in [-0.05, 0) is 42.5 Å². The molecule has 1 fully saturated rings. The fraction of sp³-hybridized carbons (Fsp3) is 0.167. The first-order valence-corrected chi connectivity index (χ1v) is 10.8. The smallest absolute Gasteiger partial charge is 0.326 e. The van der Waals surface area contributed by atoms with Gasteiger partial charge in [0.05, 0.1) is 23.1 Å². The van der Waals surface area contributed by atoms with Crippen LogP contribution in [0.2, 0.25) is 0 Å². The van der Waals surface area contributed by atoms with Gasteiger partial charge in [-0.15, -0.1) is 0 Å². The Labute approximate surface area is 188 Å². The molecule has 0 spiro atoms. The van der Waals surface area contributed by atoms with Crippen molar-refractivity contribution in [1.82, 2.24) is 9.47 Å². The topological polar surface area (TPSA) is 92.4 Å². The summed E-state index contributed by atoms with van der Waals surface area (Å²) in [6.07, 6.45) is 3.57. The van der Waals surface area contributed by atoms with Crippen LogP contribution in [0.15, 0.2) is 59.6 Å². The molecule has 160 valence electrons. The van der Waals surface area contributed by atoms with Gasteiger partial charge >= 0.3 is 5.97 Å². The first kappa shape index (κ1) is 21.4. The number of nitriles is 1. The lowest BCUT2D eigenvalue weighted by Gasteiger charge is -2.10. The number of thioether (sulfide) groups is 1. The highest BCUT2D eigenvalue weighted by molar-refractivity contribution is 8.18. The minimum Gasteiger partial charge on any atom is -0.465 e. The first-order valence-electron chi connectivity index (χ1n) is 9.98. The predicted octanol–water partition coefficient (Wildman–Crippen LogP) is 4.16. The molecule has 0 aliphatic carbocycles. The number of carbonyl (C=O) groups excluding carboxylic acids is 3. The van der Waals surface area contributed by atoms with Crippen molar-refractivity contribution in [2.45, 2.75) is 13.5 Å². The van der Waals surface area contributed by atoms with Crippen molar-refractivity contribution in [3.05, 3.63) is 76.3 Å². The van der Waals surface area contributed by atoms with Crippen LogP contribution in [0.4, 0.5) is 4.79 Å². The van der Waals surface area contributed by atoms with Crippen LogP contribution >= 0.6 is 11.8 Å². The summed E-state index contributed by atoms with van der Waals surface area (Å²) in [4.78, 5) is 37.9. The largest absolute Gasteiger partial charge is 0.465 e. The fourth-order valence-corrected chi connectivity index (χ4v) is 4.41. The Morgan fingerprint density at radius 1 is 1.16 bits per heavy atom. The molecule has 0 unspecified atom stereocenters. The van der Waals surface area contributed by atoms with E-state index in [4.69, 9.17) is 4.74 Å². The molecular weight excluding hydrogens is 426 g/mol. The number of rotatable bonds is 6. The minimum absolute atomic E-state index is 0.180. The number of amides is 2. The Bertz CT molecular complexity index is 1300. The van der Waals surface area contributed by atoms with Gasteiger partial charge < -0.3 is 9.30 Å². The van der Waals surface area contributed by atoms with E-state index in [2.05, 4.69) is 6.07 Å². The lowest BCUT2D eigenvalue weighted by Crippen LogP contribution is -2.34. The molecule has 0 radical (unpaired) electrons. The molecule has 3 aromatic rings. The number of imide groups is 1. The Kier molecular flexibility index (Phi) is 6.10. The van der Waals surface area contributed by atoms with Crippen LogP contribution in [0.25, 0.3) is 17.0 Å². The summed E-state index contributed by atoms with van der Waals surface area (Å²) in [7, 11) is 0. The van der Waals surface area contributed by atoms with Crippen LogP contribution in [-0.4, -0.2) is 39.7 Å². The Morgan fingerprint density at radius 3 is 2.69 bits per heavy atom. The van der Waals surface area contributed by atoms with Crippen LogP contribution in [0.1, 0.15) is 23.6 Å². The zero-order chi connectivity index (χ0) is 22.7. The Morgan fingerprint density at radius 2 is 1.91 bits per heavy atom. The van der Waals surface area contributed by atoms with Crippen molar-refractivity contribution < 1.29 is 19.1 Å². The molecule has 4 rings (SSSR count). The maximum atomic E-state index is 12.7. The third-order valence-electron chi connectivity index (χ3n) is 5.05. The van der Waals surface area contributed by atoms with Crippen LogP contribution in [0.5, 0.6) is 0 Å². The normalized spacial score (nSPS) is 14.9. The van der Waals surface area contributed by atoms with Crippen molar-refractivity contribution >= 4 is 45.9 Å². The SMILES string of the molecule is CCOC(=O)CN1C(=O)SC(=Cc2cn(Cc3ccccc3C#N)c3ccccc23)C1=O. The van der Waals surface area contributed by atoms with Gasteiger partial charge in [-0.1, -0.05) is 36.4 Å². The average molecular weight is 446 g/mol. The summed E-state index contributed by atoms with van der Waals surface area (Å²) < 4.78 is 6.86. The van der Waals surface area contributed by atoms with E-state index < -0.39 is 23.7 Å². The predicted molar refractivity (Wildman–Crippen MR) is 122 cm³/mol. The summed E-state index contributed by atoms with van der Waals surface area (Å²) in [5, 5.41) is 9.82. The van der Waals surface area contributed by atoms with Gasteiger partial charge in [-0.3, -0.25) is 19.3 Å². The third kappa shape index (κ3) is 4.15. The van der Waals surface area contributed by atoms with E-state index >= 15 is 0 Å². The van der Waals surface area contributed by atoms with E-state index in [0.29, 0.717) is 12.1 Å². The van der Waals surface area contributed by atoms with Gasteiger partial charge in [0.25, 0.3) is 11.1 Å². The maximum Gasteiger partial charge on any atom is 0.326 e. The molecule has 1 aromatic heterocycles. The number of carbonyl (C=O) groups is 3. The zero-order valence-corrected chi connectivity index (χ0v) is 18.1.